The molecule has 1 amide bonds. The largest absolute Gasteiger partial charge is 0.493 e. The lowest BCUT2D eigenvalue weighted by Crippen LogP contribution is -2.54. The van der Waals surface area contributed by atoms with Gasteiger partial charge in [0.2, 0.25) is 5.91 Å². The van der Waals surface area contributed by atoms with E-state index in [0.29, 0.717) is 52.3 Å². The number of hydrogen-bond donors (Lipinski definition) is 0. The Morgan fingerprint density at radius 1 is 0.862 bits per heavy atom. The van der Waals surface area contributed by atoms with Crippen molar-refractivity contribution in [2.24, 2.45) is 0 Å². The molecule has 162 valence electrons. The number of carbonyl (C=O) groups excluding carboxylic acids is 1. The molecule has 2 aliphatic rings. The van der Waals surface area contributed by atoms with E-state index in [1.54, 1.807) is 9.21 Å². The molecule has 1 aromatic carbocycles. The Kier molecular flexibility index (Phi) is 7.54. The van der Waals surface area contributed by atoms with Gasteiger partial charge >= 0.3 is 0 Å². The number of piperazine rings is 1. The standard InChI is InChI=1S/C21H33N3O4S/c1-18-15-19(2)17-20(16-18)28-14-7-21(25)22-10-12-24(13-11-22)29(26,27)23-8-5-3-4-6-9-23/h15-17H,3-14H2,1-2H3. The van der Waals surface area contributed by atoms with E-state index in [9.17, 15) is 13.2 Å². The summed E-state index contributed by atoms with van der Waals surface area (Å²) in [6.07, 6.45) is 4.35. The summed E-state index contributed by atoms with van der Waals surface area (Å²) < 4.78 is 34.7. The minimum absolute atomic E-state index is 0.0150. The van der Waals surface area contributed by atoms with Crippen LogP contribution in [0, 0.1) is 13.8 Å². The number of nitrogens with zero attached hydrogens (tertiary/aromatic N) is 3. The molecular formula is C21H33N3O4S. The number of hydrogen-bond acceptors (Lipinski definition) is 4. The zero-order chi connectivity index (χ0) is 20.9. The van der Waals surface area contributed by atoms with Gasteiger partial charge in [-0.25, -0.2) is 0 Å². The number of aryl methyl sites for hydroxylation is 2. The fourth-order valence-corrected chi connectivity index (χ4v) is 5.71. The number of amides is 1. The van der Waals surface area contributed by atoms with Crippen LogP contribution in [0.2, 0.25) is 0 Å². The second-order valence-corrected chi connectivity index (χ2v) is 9.95. The second-order valence-electron chi connectivity index (χ2n) is 8.02. The highest BCUT2D eigenvalue weighted by Crippen LogP contribution is 2.19. The van der Waals surface area contributed by atoms with Crippen LogP contribution < -0.4 is 4.74 Å². The first kappa shape index (κ1) is 22.1. The molecule has 0 bridgehead atoms. The Hall–Kier alpha value is -1.64. The lowest BCUT2D eigenvalue weighted by atomic mass is 10.1. The lowest BCUT2D eigenvalue weighted by molar-refractivity contribution is -0.132. The Morgan fingerprint density at radius 3 is 2.00 bits per heavy atom. The first-order valence-electron chi connectivity index (χ1n) is 10.6. The Balaban J connectivity index is 1.45. The summed E-state index contributed by atoms with van der Waals surface area (Å²) in [6.45, 7) is 7.19. The average Bonchev–Trinajstić information content (AvgIpc) is 2.97. The topological polar surface area (TPSA) is 70.2 Å². The molecular weight excluding hydrogens is 390 g/mol. The minimum atomic E-state index is -3.41. The number of carbonyl (C=O) groups is 1. The monoisotopic (exact) mass is 423 g/mol. The van der Waals surface area contributed by atoms with Gasteiger partial charge in [-0.1, -0.05) is 18.9 Å². The average molecular weight is 424 g/mol. The van der Waals surface area contributed by atoms with Crippen LogP contribution in [0.3, 0.4) is 0 Å². The molecule has 0 unspecified atom stereocenters. The SMILES string of the molecule is Cc1cc(C)cc(OCCC(=O)N2CCN(S(=O)(=O)N3CCCCCC3)CC2)c1. The van der Waals surface area contributed by atoms with Crippen molar-refractivity contribution in [1.82, 2.24) is 13.5 Å². The fraction of sp³-hybridized carbons (Fsp3) is 0.667. The van der Waals surface area contributed by atoms with Gasteiger partial charge in [0.25, 0.3) is 10.2 Å². The highest BCUT2D eigenvalue weighted by Gasteiger charge is 2.33. The van der Waals surface area contributed by atoms with Crippen molar-refractivity contribution in [3.05, 3.63) is 29.3 Å². The Labute approximate surface area is 174 Å². The van der Waals surface area contributed by atoms with Crippen molar-refractivity contribution in [3.8, 4) is 5.75 Å². The van der Waals surface area contributed by atoms with E-state index in [1.807, 2.05) is 26.0 Å². The molecule has 2 saturated heterocycles. The predicted molar refractivity (Wildman–Crippen MR) is 113 cm³/mol. The molecule has 2 fully saturated rings. The van der Waals surface area contributed by atoms with Gasteiger partial charge in [0.1, 0.15) is 5.75 Å². The summed E-state index contributed by atoms with van der Waals surface area (Å²) in [5.74, 6) is 0.796. The number of rotatable bonds is 6. The maximum Gasteiger partial charge on any atom is 0.282 e. The van der Waals surface area contributed by atoms with E-state index in [0.717, 1.165) is 42.6 Å². The van der Waals surface area contributed by atoms with Crippen LogP contribution >= 0.6 is 0 Å². The summed E-state index contributed by atoms with van der Waals surface area (Å²) in [5.41, 5.74) is 2.26. The molecule has 2 heterocycles. The molecule has 29 heavy (non-hydrogen) atoms. The minimum Gasteiger partial charge on any atom is -0.493 e. The Bertz CT molecular complexity index is 776. The molecule has 0 aliphatic carbocycles. The third-order valence-corrected chi connectivity index (χ3v) is 7.62. The van der Waals surface area contributed by atoms with Crippen LogP contribution in [-0.2, 0) is 15.0 Å². The zero-order valence-corrected chi connectivity index (χ0v) is 18.4. The van der Waals surface area contributed by atoms with E-state index in [4.69, 9.17) is 4.74 Å². The number of benzene rings is 1. The third-order valence-electron chi connectivity index (χ3n) is 5.59. The van der Waals surface area contributed by atoms with Crippen LogP contribution in [0.15, 0.2) is 18.2 Å². The molecule has 0 N–H and O–H groups in total. The van der Waals surface area contributed by atoms with Crippen molar-refractivity contribution >= 4 is 16.1 Å². The zero-order valence-electron chi connectivity index (χ0n) is 17.6. The van der Waals surface area contributed by atoms with Gasteiger partial charge in [-0.15, -0.1) is 0 Å². The molecule has 0 aromatic heterocycles. The smallest absolute Gasteiger partial charge is 0.282 e. The van der Waals surface area contributed by atoms with Gasteiger partial charge in [0, 0.05) is 39.3 Å². The maximum atomic E-state index is 12.9. The second kappa shape index (κ2) is 9.91. The van der Waals surface area contributed by atoms with Crippen LogP contribution in [-0.4, -0.2) is 73.7 Å². The van der Waals surface area contributed by atoms with Crippen molar-refractivity contribution in [3.63, 3.8) is 0 Å². The normalized spacial score (nSPS) is 19.7. The molecule has 0 spiro atoms. The molecule has 0 radical (unpaired) electrons. The van der Waals surface area contributed by atoms with Gasteiger partial charge in [-0.3, -0.25) is 4.79 Å². The molecule has 8 heteroatoms. The predicted octanol–water partition coefficient (Wildman–Crippen LogP) is 2.34. The van der Waals surface area contributed by atoms with E-state index < -0.39 is 10.2 Å². The van der Waals surface area contributed by atoms with E-state index >= 15 is 0 Å². The first-order chi connectivity index (χ1) is 13.9. The molecule has 7 nitrogen and oxygen atoms in total. The summed E-state index contributed by atoms with van der Waals surface area (Å²) in [5, 5.41) is 0. The lowest BCUT2D eigenvalue weighted by Gasteiger charge is -2.36. The van der Waals surface area contributed by atoms with Crippen LogP contribution in [0.5, 0.6) is 5.75 Å². The van der Waals surface area contributed by atoms with Crippen molar-refractivity contribution < 1.29 is 17.9 Å². The van der Waals surface area contributed by atoms with Gasteiger partial charge in [0.15, 0.2) is 0 Å². The van der Waals surface area contributed by atoms with Gasteiger partial charge in [0.05, 0.1) is 13.0 Å². The van der Waals surface area contributed by atoms with Gasteiger partial charge < -0.3 is 9.64 Å². The molecule has 3 rings (SSSR count). The summed E-state index contributed by atoms with van der Waals surface area (Å²) in [4.78, 5) is 14.2. The quantitative estimate of drug-likeness (QED) is 0.704. The molecule has 1 aromatic rings. The summed E-state index contributed by atoms with van der Waals surface area (Å²) >= 11 is 0. The van der Waals surface area contributed by atoms with E-state index in [1.165, 1.54) is 4.31 Å². The van der Waals surface area contributed by atoms with Gasteiger partial charge in [-0.2, -0.15) is 17.0 Å². The van der Waals surface area contributed by atoms with E-state index in [2.05, 4.69) is 6.07 Å². The fourth-order valence-electron chi connectivity index (χ4n) is 4.03. The molecule has 0 atom stereocenters. The summed E-state index contributed by atoms with van der Waals surface area (Å²) in [6, 6.07) is 6.01. The van der Waals surface area contributed by atoms with Crippen molar-refractivity contribution in [2.45, 2.75) is 46.0 Å². The van der Waals surface area contributed by atoms with Crippen LogP contribution in [0.1, 0.15) is 43.2 Å². The highest BCUT2D eigenvalue weighted by molar-refractivity contribution is 7.86. The van der Waals surface area contributed by atoms with Crippen molar-refractivity contribution in [2.75, 3.05) is 45.9 Å². The van der Waals surface area contributed by atoms with Crippen molar-refractivity contribution in [1.29, 1.82) is 0 Å². The van der Waals surface area contributed by atoms with E-state index in [-0.39, 0.29) is 5.91 Å². The number of ether oxygens (including phenoxy) is 1. The third kappa shape index (κ3) is 5.93. The van der Waals surface area contributed by atoms with Gasteiger partial charge in [-0.05, 0) is 49.9 Å². The molecule has 0 saturated carbocycles. The maximum absolute atomic E-state index is 12.9. The van der Waals surface area contributed by atoms with Crippen LogP contribution in [0.25, 0.3) is 0 Å². The molecule has 2 aliphatic heterocycles. The summed E-state index contributed by atoms with van der Waals surface area (Å²) in [7, 11) is -3.41. The van der Waals surface area contributed by atoms with Crippen LogP contribution in [0.4, 0.5) is 0 Å². The highest BCUT2D eigenvalue weighted by atomic mass is 32.2. The first-order valence-corrected chi connectivity index (χ1v) is 12.0. The Morgan fingerprint density at radius 2 is 1.41 bits per heavy atom.